The van der Waals surface area contributed by atoms with Gasteiger partial charge in [-0.2, -0.15) is 5.26 Å². The monoisotopic (exact) mass is 240 g/mol. The Labute approximate surface area is 103 Å². The average Bonchev–Trinajstić information content (AvgIpc) is 2.40. The third-order valence-corrected chi connectivity index (χ3v) is 2.17. The van der Waals surface area contributed by atoms with E-state index < -0.39 is 5.97 Å². The standard InChI is InChI=1S/C12H8N4O2/c13-6-8-1-3-9(4-2-8)16-11-5-10(12(17)18)14-7-15-11/h1-5,7H,(H,17,18)(H,14,15,16). The van der Waals surface area contributed by atoms with Crippen molar-refractivity contribution in [3.63, 3.8) is 0 Å². The van der Waals surface area contributed by atoms with Gasteiger partial charge in [-0.1, -0.05) is 0 Å². The second-order valence-electron chi connectivity index (χ2n) is 3.41. The Hall–Kier alpha value is -2.94. The van der Waals surface area contributed by atoms with E-state index >= 15 is 0 Å². The van der Waals surface area contributed by atoms with Crippen LogP contribution in [0.15, 0.2) is 36.7 Å². The lowest BCUT2D eigenvalue weighted by Crippen LogP contribution is -2.02. The Morgan fingerprint density at radius 3 is 2.61 bits per heavy atom. The van der Waals surface area contributed by atoms with E-state index in [1.54, 1.807) is 24.3 Å². The minimum atomic E-state index is -1.11. The highest BCUT2D eigenvalue weighted by atomic mass is 16.4. The molecule has 0 aliphatic carbocycles. The number of anilines is 2. The number of nitrogens with one attached hydrogen (secondary N) is 1. The first-order valence-corrected chi connectivity index (χ1v) is 5.01. The molecule has 0 atom stereocenters. The van der Waals surface area contributed by atoms with Crippen LogP contribution in [0.1, 0.15) is 16.1 Å². The number of carboxylic acid groups (broad SMARTS) is 1. The summed E-state index contributed by atoms with van der Waals surface area (Å²) >= 11 is 0. The minimum Gasteiger partial charge on any atom is -0.477 e. The molecule has 0 bridgehead atoms. The maximum absolute atomic E-state index is 10.7. The molecule has 2 rings (SSSR count). The predicted molar refractivity (Wildman–Crippen MR) is 63.4 cm³/mol. The second-order valence-corrected chi connectivity index (χ2v) is 3.41. The summed E-state index contributed by atoms with van der Waals surface area (Å²) < 4.78 is 0. The van der Waals surface area contributed by atoms with Crippen molar-refractivity contribution in [2.45, 2.75) is 0 Å². The van der Waals surface area contributed by atoms with Crippen molar-refractivity contribution in [1.29, 1.82) is 5.26 Å². The van der Waals surface area contributed by atoms with Gasteiger partial charge in [-0.3, -0.25) is 0 Å². The Bertz CT molecular complexity index is 617. The fourth-order valence-corrected chi connectivity index (χ4v) is 1.32. The number of hydrogen-bond acceptors (Lipinski definition) is 5. The van der Waals surface area contributed by atoms with E-state index in [4.69, 9.17) is 10.4 Å². The fraction of sp³-hybridized carbons (Fsp3) is 0. The molecule has 0 unspecified atom stereocenters. The number of benzene rings is 1. The predicted octanol–water partition coefficient (Wildman–Crippen LogP) is 1.79. The SMILES string of the molecule is N#Cc1ccc(Nc2cc(C(=O)O)ncn2)cc1. The molecule has 0 saturated heterocycles. The lowest BCUT2D eigenvalue weighted by atomic mass is 10.2. The van der Waals surface area contributed by atoms with Gasteiger partial charge in [0.2, 0.25) is 0 Å². The van der Waals surface area contributed by atoms with Crippen molar-refractivity contribution in [2.24, 2.45) is 0 Å². The van der Waals surface area contributed by atoms with E-state index in [1.807, 2.05) is 6.07 Å². The van der Waals surface area contributed by atoms with Crippen LogP contribution in [0, 0.1) is 11.3 Å². The van der Waals surface area contributed by atoms with Crippen molar-refractivity contribution in [1.82, 2.24) is 9.97 Å². The van der Waals surface area contributed by atoms with Gasteiger partial charge in [0.25, 0.3) is 0 Å². The number of carboxylic acids is 1. The quantitative estimate of drug-likeness (QED) is 0.848. The molecule has 1 aromatic carbocycles. The van der Waals surface area contributed by atoms with Gasteiger partial charge in [0, 0.05) is 11.8 Å². The van der Waals surface area contributed by atoms with Crippen molar-refractivity contribution >= 4 is 17.5 Å². The van der Waals surface area contributed by atoms with Crippen LogP contribution in [0.25, 0.3) is 0 Å². The van der Waals surface area contributed by atoms with Gasteiger partial charge < -0.3 is 10.4 Å². The molecule has 0 aliphatic rings. The van der Waals surface area contributed by atoms with E-state index in [9.17, 15) is 4.79 Å². The molecule has 0 fully saturated rings. The largest absolute Gasteiger partial charge is 0.477 e. The lowest BCUT2D eigenvalue weighted by Gasteiger charge is -2.05. The topological polar surface area (TPSA) is 98.9 Å². The molecule has 18 heavy (non-hydrogen) atoms. The van der Waals surface area contributed by atoms with Crippen LogP contribution in [0.3, 0.4) is 0 Å². The average molecular weight is 240 g/mol. The summed E-state index contributed by atoms with van der Waals surface area (Å²) in [4.78, 5) is 18.3. The zero-order chi connectivity index (χ0) is 13.0. The lowest BCUT2D eigenvalue weighted by molar-refractivity contribution is 0.0690. The highest BCUT2D eigenvalue weighted by molar-refractivity contribution is 5.86. The molecule has 1 aromatic heterocycles. The van der Waals surface area contributed by atoms with Gasteiger partial charge in [0.05, 0.1) is 11.6 Å². The first-order chi connectivity index (χ1) is 8.69. The van der Waals surface area contributed by atoms with Gasteiger partial charge in [-0.25, -0.2) is 14.8 Å². The van der Waals surface area contributed by atoms with Crippen LogP contribution in [0.4, 0.5) is 11.5 Å². The van der Waals surface area contributed by atoms with Gasteiger partial charge in [-0.15, -0.1) is 0 Å². The zero-order valence-electron chi connectivity index (χ0n) is 9.16. The number of aromatic nitrogens is 2. The summed E-state index contributed by atoms with van der Waals surface area (Å²) in [5, 5.41) is 20.4. The Kier molecular flexibility index (Phi) is 3.16. The van der Waals surface area contributed by atoms with Crippen molar-refractivity contribution < 1.29 is 9.90 Å². The molecule has 6 nitrogen and oxygen atoms in total. The van der Waals surface area contributed by atoms with Crippen LogP contribution < -0.4 is 5.32 Å². The normalized spacial score (nSPS) is 9.50. The third kappa shape index (κ3) is 2.59. The maximum atomic E-state index is 10.7. The molecule has 0 radical (unpaired) electrons. The first kappa shape index (κ1) is 11.5. The van der Waals surface area contributed by atoms with E-state index in [1.165, 1.54) is 12.4 Å². The van der Waals surface area contributed by atoms with Crippen LogP contribution in [0.2, 0.25) is 0 Å². The van der Waals surface area contributed by atoms with Gasteiger partial charge in [0.1, 0.15) is 12.1 Å². The zero-order valence-corrected chi connectivity index (χ0v) is 9.16. The van der Waals surface area contributed by atoms with Crippen molar-refractivity contribution in [2.75, 3.05) is 5.32 Å². The molecule has 6 heteroatoms. The maximum Gasteiger partial charge on any atom is 0.354 e. The van der Waals surface area contributed by atoms with Crippen LogP contribution >= 0.6 is 0 Å². The van der Waals surface area contributed by atoms with E-state index in [2.05, 4.69) is 15.3 Å². The fourth-order valence-electron chi connectivity index (χ4n) is 1.32. The summed E-state index contributed by atoms with van der Waals surface area (Å²) in [7, 11) is 0. The molecular formula is C12H8N4O2. The molecule has 1 heterocycles. The Morgan fingerprint density at radius 1 is 1.28 bits per heavy atom. The van der Waals surface area contributed by atoms with Gasteiger partial charge in [-0.05, 0) is 24.3 Å². The smallest absolute Gasteiger partial charge is 0.354 e. The molecule has 0 aliphatic heterocycles. The highest BCUT2D eigenvalue weighted by Gasteiger charge is 2.05. The molecule has 0 spiro atoms. The second kappa shape index (κ2) is 4.93. The molecular weight excluding hydrogens is 232 g/mol. The number of rotatable bonds is 3. The van der Waals surface area contributed by atoms with Crippen molar-refractivity contribution in [3.05, 3.63) is 47.9 Å². The summed E-state index contributed by atoms with van der Waals surface area (Å²) in [5.41, 5.74) is 1.18. The van der Waals surface area contributed by atoms with Crippen LogP contribution in [0.5, 0.6) is 0 Å². The number of nitrogens with zero attached hydrogens (tertiary/aromatic N) is 3. The van der Waals surface area contributed by atoms with Crippen molar-refractivity contribution in [3.8, 4) is 6.07 Å². The Balaban J connectivity index is 2.20. The molecule has 0 amide bonds. The summed E-state index contributed by atoms with van der Waals surface area (Å²) in [6.07, 6.45) is 1.18. The number of carbonyl (C=O) groups is 1. The van der Waals surface area contributed by atoms with E-state index in [0.717, 1.165) is 0 Å². The van der Waals surface area contributed by atoms with E-state index in [0.29, 0.717) is 17.1 Å². The summed E-state index contributed by atoms with van der Waals surface area (Å²) in [6, 6.07) is 10.1. The molecule has 2 N–H and O–H groups in total. The Morgan fingerprint density at radius 2 is 2.00 bits per heavy atom. The minimum absolute atomic E-state index is 0.0823. The number of aromatic carboxylic acids is 1. The van der Waals surface area contributed by atoms with Crippen LogP contribution in [-0.4, -0.2) is 21.0 Å². The third-order valence-electron chi connectivity index (χ3n) is 2.17. The summed E-state index contributed by atoms with van der Waals surface area (Å²) in [6.45, 7) is 0. The molecule has 2 aromatic rings. The summed E-state index contributed by atoms with van der Waals surface area (Å²) in [5.74, 6) is -0.729. The van der Waals surface area contributed by atoms with Gasteiger partial charge >= 0.3 is 5.97 Å². The van der Waals surface area contributed by atoms with Gasteiger partial charge in [0.15, 0.2) is 5.69 Å². The first-order valence-electron chi connectivity index (χ1n) is 5.01. The molecule has 88 valence electrons. The number of hydrogen-bond donors (Lipinski definition) is 2. The molecule has 0 saturated carbocycles. The highest BCUT2D eigenvalue weighted by Crippen LogP contribution is 2.15. The van der Waals surface area contributed by atoms with Crippen LogP contribution in [-0.2, 0) is 0 Å². The van der Waals surface area contributed by atoms with E-state index in [-0.39, 0.29) is 5.69 Å². The number of nitriles is 1.